The Morgan fingerprint density at radius 1 is 1.00 bits per heavy atom. The van der Waals surface area contributed by atoms with Crippen molar-refractivity contribution >= 4 is 26.7 Å². The molecule has 4 rings (SSSR count). The fraction of sp³-hybridized carbons (Fsp3) is 0.160. The lowest BCUT2D eigenvalue weighted by Crippen LogP contribution is -2.13. The van der Waals surface area contributed by atoms with Crippen molar-refractivity contribution in [2.75, 3.05) is 7.11 Å². The minimum Gasteiger partial charge on any atom is -0.496 e. The second-order valence-electron chi connectivity index (χ2n) is 8.06. The smallest absolute Gasteiger partial charge is 0.419 e. The third kappa shape index (κ3) is 4.58. The molecule has 1 heterocycles. The Labute approximate surface area is 202 Å². The zero-order chi connectivity index (χ0) is 26.4. The average molecular weight is 523 g/mol. The van der Waals surface area contributed by atoms with Crippen LogP contribution in [0.3, 0.4) is 0 Å². The Morgan fingerprint density at radius 2 is 1.67 bits per heavy atom. The molecule has 0 fully saturated rings. The maximum absolute atomic E-state index is 14.5. The lowest BCUT2D eigenvalue weighted by Gasteiger charge is -2.11. The van der Waals surface area contributed by atoms with Crippen molar-refractivity contribution in [3.8, 4) is 5.75 Å². The average Bonchev–Trinajstić information content (AvgIpc) is 3.18. The molecule has 3 aromatic carbocycles. The van der Waals surface area contributed by atoms with Gasteiger partial charge in [0, 0.05) is 35.2 Å². The molecule has 5 nitrogen and oxygen atoms in total. The number of rotatable bonds is 6. The van der Waals surface area contributed by atoms with Gasteiger partial charge in [-0.3, -0.25) is 4.79 Å². The largest absolute Gasteiger partial charge is 0.496 e. The van der Waals surface area contributed by atoms with Crippen LogP contribution in [0.5, 0.6) is 5.75 Å². The first-order valence-corrected chi connectivity index (χ1v) is 11.9. The van der Waals surface area contributed by atoms with E-state index in [0.29, 0.717) is 16.1 Å². The summed E-state index contributed by atoms with van der Waals surface area (Å²) in [7, 11) is -3.16. The predicted octanol–water partition coefficient (Wildman–Crippen LogP) is 5.92. The van der Waals surface area contributed by atoms with Crippen LogP contribution in [0.2, 0.25) is 0 Å². The van der Waals surface area contributed by atoms with Gasteiger partial charge < -0.3 is 4.74 Å². The molecule has 0 aliphatic heterocycles. The van der Waals surface area contributed by atoms with Gasteiger partial charge in [0.25, 0.3) is 10.0 Å². The monoisotopic (exact) mass is 523 g/mol. The van der Waals surface area contributed by atoms with Crippen LogP contribution in [-0.2, 0) is 22.6 Å². The van der Waals surface area contributed by atoms with E-state index in [9.17, 15) is 35.2 Å². The van der Waals surface area contributed by atoms with Crippen molar-refractivity contribution in [1.29, 1.82) is 0 Å². The van der Waals surface area contributed by atoms with Gasteiger partial charge in [0.15, 0.2) is 5.78 Å². The maximum Gasteiger partial charge on any atom is 0.419 e. The third-order valence-corrected chi connectivity index (χ3v) is 7.33. The van der Waals surface area contributed by atoms with Crippen molar-refractivity contribution in [2.45, 2.75) is 24.4 Å². The quantitative estimate of drug-likeness (QED) is 0.233. The molecule has 0 aliphatic rings. The van der Waals surface area contributed by atoms with E-state index in [2.05, 4.69) is 0 Å². The summed E-state index contributed by atoms with van der Waals surface area (Å²) in [5.41, 5.74) is -1.47. The highest BCUT2D eigenvalue weighted by Crippen LogP contribution is 2.37. The van der Waals surface area contributed by atoms with E-state index in [1.807, 2.05) is 0 Å². The third-order valence-electron chi connectivity index (χ3n) is 5.64. The topological polar surface area (TPSA) is 65.4 Å². The summed E-state index contributed by atoms with van der Waals surface area (Å²) in [5, 5.41) is -0.398. The van der Waals surface area contributed by atoms with Crippen molar-refractivity contribution in [3.05, 3.63) is 94.7 Å². The minimum atomic E-state index is -5.09. The minimum absolute atomic E-state index is 0.0291. The van der Waals surface area contributed by atoms with Crippen LogP contribution in [-0.4, -0.2) is 25.3 Å². The number of aromatic nitrogens is 1. The van der Waals surface area contributed by atoms with Gasteiger partial charge >= 0.3 is 6.18 Å². The van der Waals surface area contributed by atoms with Crippen LogP contribution >= 0.6 is 0 Å². The molecule has 0 amide bonds. The second kappa shape index (κ2) is 9.05. The molecule has 4 aromatic rings. The Morgan fingerprint density at radius 3 is 2.28 bits per heavy atom. The number of carbonyl (C=O) groups is 1. The summed E-state index contributed by atoms with van der Waals surface area (Å²) in [6, 6.07) is 9.87. The van der Waals surface area contributed by atoms with Crippen molar-refractivity contribution < 1.29 is 39.9 Å². The zero-order valence-corrected chi connectivity index (χ0v) is 19.7. The molecule has 0 spiro atoms. The fourth-order valence-electron chi connectivity index (χ4n) is 3.81. The Kier molecular flexibility index (Phi) is 6.38. The molecule has 0 aliphatic carbocycles. The highest BCUT2D eigenvalue weighted by atomic mass is 32.2. The van der Waals surface area contributed by atoms with Gasteiger partial charge in [0.2, 0.25) is 0 Å². The summed E-state index contributed by atoms with van der Waals surface area (Å²) >= 11 is 0. The molecule has 0 N–H and O–H groups in total. The number of Topliss-reactive ketones (excluding diaryl/α,β-unsaturated/α-hetero) is 1. The number of fused-ring (bicyclic) bond motifs is 1. The number of methoxy groups -OCH3 is 1. The van der Waals surface area contributed by atoms with Crippen molar-refractivity contribution in [2.24, 2.45) is 0 Å². The molecule has 188 valence electrons. The number of nitrogens with zero attached hydrogens (tertiary/aromatic N) is 1. The summed E-state index contributed by atoms with van der Waals surface area (Å²) in [6.07, 6.45) is -4.65. The number of benzene rings is 3. The number of ether oxygens (including phenoxy) is 1. The molecular formula is C25H18F5NO4S. The highest BCUT2D eigenvalue weighted by molar-refractivity contribution is 7.90. The molecule has 36 heavy (non-hydrogen) atoms. The highest BCUT2D eigenvalue weighted by Gasteiger charge is 2.36. The van der Waals surface area contributed by atoms with E-state index in [0.717, 1.165) is 23.9 Å². The Bertz CT molecular complexity index is 1590. The fourth-order valence-corrected chi connectivity index (χ4v) is 5.17. The van der Waals surface area contributed by atoms with Crippen LogP contribution in [0.1, 0.15) is 27.0 Å². The normalized spacial score (nSPS) is 12.2. The summed E-state index contributed by atoms with van der Waals surface area (Å²) in [4.78, 5) is 13.0. The zero-order valence-electron chi connectivity index (χ0n) is 18.9. The second-order valence-corrected chi connectivity index (χ2v) is 9.87. The van der Waals surface area contributed by atoms with E-state index in [1.165, 1.54) is 37.4 Å². The Hall–Kier alpha value is -3.73. The van der Waals surface area contributed by atoms with Gasteiger partial charge in [-0.1, -0.05) is 23.8 Å². The molecule has 11 heteroatoms. The SMILES string of the molecule is COc1cc(F)ccc1CC(=O)c1cn(S(=O)(=O)c2ccc(C)cc2)c2cc(F)c(C(F)(F)F)cc12. The van der Waals surface area contributed by atoms with Crippen LogP contribution in [0.4, 0.5) is 22.0 Å². The van der Waals surface area contributed by atoms with E-state index >= 15 is 0 Å². The lowest BCUT2D eigenvalue weighted by atomic mass is 10.0. The van der Waals surface area contributed by atoms with Crippen molar-refractivity contribution in [1.82, 2.24) is 3.97 Å². The molecule has 0 saturated carbocycles. The molecule has 0 unspecified atom stereocenters. The molecule has 0 atom stereocenters. The van der Waals surface area contributed by atoms with Crippen LogP contribution < -0.4 is 4.74 Å². The van der Waals surface area contributed by atoms with Crippen LogP contribution in [0, 0.1) is 18.6 Å². The van der Waals surface area contributed by atoms with Gasteiger partial charge in [0.05, 0.1) is 23.1 Å². The van der Waals surface area contributed by atoms with Gasteiger partial charge in [-0.2, -0.15) is 13.2 Å². The van der Waals surface area contributed by atoms with E-state index < -0.39 is 56.5 Å². The van der Waals surface area contributed by atoms with Crippen LogP contribution in [0.15, 0.2) is 65.7 Å². The van der Waals surface area contributed by atoms with E-state index in [-0.39, 0.29) is 21.8 Å². The standard InChI is InChI=1S/C25H18F5NO4S/c1-14-3-7-17(8-4-14)36(33,34)31-13-19(18-11-20(25(28,29)30)21(27)12-22(18)31)23(32)9-15-5-6-16(26)10-24(15)35-2/h3-8,10-13H,9H2,1-2H3. The molecule has 0 radical (unpaired) electrons. The first-order chi connectivity index (χ1) is 16.8. The first-order valence-electron chi connectivity index (χ1n) is 10.4. The van der Waals surface area contributed by atoms with Gasteiger partial charge in [-0.05, 0) is 37.3 Å². The van der Waals surface area contributed by atoms with E-state index in [1.54, 1.807) is 6.92 Å². The first kappa shape index (κ1) is 25.4. The van der Waals surface area contributed by atoms with Gasteiger partial charge in [0.1, 0.15) is 17.4 Å². The molecule has 1 aromatic heterocycles. The lowest BCUT2D eigenvalue weighted by molar-refractivity contribution is -0.139. The number of hydrogen-bond acceptors (Lipinski definition) is 4. The van der Waals surface area contributed by atoms with Crippen molar-refractivity contribution in [3.63, 3.8) is 0 Å². The molecular weight excluding hydrogens is 505 g/mol. The number of alkyl halides is 3. The predicted molar refractivity (Wildman–Crippen MR) is 122 cm³/mol. The number of halogens is 5. The Balaban J connectivity index is 1.93. The molecule has 0 saturated heterocycles. The summed E-state index contributed by atoms with van der Waals surface area (Å²) in [5.74, 6) is -3.06. The summed E-state index contributed by atoms with van der Waals surface area (Å²) in [6.45, 7) is 1.73. The number of carbonyl (C=O) groups excluding carboxylic acids is 1. The maximum atomic E-state index is 14.5. The number of ketones is 1. The van der Waals surface area contributed by atoms with Gasteiger partial charge in [-0.15, -0.1) is 0 Å². The summed E-state index contributed by atoms with van der Waals surface area (Å²) < 4.78 is 101. The van der Waals surface area contributed by atoms with Crippen LogP contribution in [0.25, 0.3) is 10.9 Å². The van der Waals surface area contributed by atoms with Gasteiger partial charge in [-0.25, -0.2) is 21.2 Å². The van der Waals surface area contributed by atoms with E-state index in [4.69, 9.17) is 4.74 Å². The number of aryl methyl sites for hydroxylation is 1. The number of hydrogen-bond donors (Lipinski definition) is 0. The molecule has 0 bridgehead atoms.